The van der Waals surface area contributed by atoms with Crippen LogP contribution in [0.4, 0.5) is 0 Å². The fraction of sp³-hybridized carbons (Fsp3) is 0.273. The quantitative estimate of drug-likeness (QED) is 0.113. The van der Waals surface area contributed by atoms with Crippen molar-refractivity contribution < 1.29 is 0 Å². The average molecular weight is 927 g/mol. The molecule has 8 aromatic rings. The van der Waals surface area contributed by atoms with E-state index in [1.807, 2.05) is 0 Å². The first-order valence-electron chi connectivity index (χ1n) is 24.6. The summed E-state index contributed by atoms with van der Waals surface area (Å²) in [6.07, 6.45) is 2.18. The summed E-state index contributed by atoms with van der Waals surface area (Å²) in [7, 11) is -1.32. The van der Waals surface area contributed by atoms with Crippen LogP contribution in [0.1, 0.15) is 105 Å². The Morgan fingerprint density at radius 2 is 0.338 bits per heavy atom. The summed E-state index contributed by atoms with van der Waals surface area (Å²) in [6.45, 7) is 27.4. The van der Waals surface area contributed by atoms with Gasteiger partial charge in [-0.25, -0.2) is 0 Å². The van der Waals surface area contributed by atoms with Crippen LogP contribution in [0.25, 0.3) is 44.5 Å². The van der Waals surface area contributed by atoms with Gasteiger partial charge >= 0.3 is 0 Å². The fourth-order valence-electron chi connectivity index (χ4n) is 9.00. The lowest BCUT2D eigenvalue weighted by Gasteiger charge is -2.25. The molecule has 0 saturated heterocycles. The van der Waals surface area contributed by atoms with Crippen LogP contribution in [0.15, 0.2) is 194 Å². The zero-order valence-corrected chi connectivity index (χ0v) is 44.6. The van der Waals surface area contributed by atoms with Crippen LogP contribution in [0.3, 0.4) is 0 Å². The van der Waals surface area contributed by atoms with Gasteiger partial charge in [-0.1, -0.05) is 277 Å². The van der Waals surface area contributed by atoms with Crippen LogP contribution in [-0.2, 0) is 21.7 Å². The van der Waals surface area contributed by atoms with E-state index in [0.29, 0.717) is 0 Å². The van der Waals surface area contributed by atoms with E-state index in [4.69, 9.17) is 0 Å². The van der Waals surface area contributed by atoms with Gasteiger partial charge in [0.05, 0.1) is 0 Å². The van der Waals surface area contributed by atoms with Crippen molar-refractivity contribution in [2.75, 3.05) is 12.3 Å². The van der Waals surface area contributed by atoms with Gasteiger partial charge in [0.2, 0.25) is 0 Å². The summed E-state index contributed by atoms with van der Waals surface area (Å²) in [5.41, 5.74) is 16.1. The van der Waals surface area contributed by atoms with Crippen molar-refractivity contribution in [1.82, 2.24) is 0 Å². The maximum atomic E-state index is 2.42. The van der Waals surface area contributed by atoms with Crippen molar-refractivity contribution in [1.29, 1.82) is 0 Å². The molecule has 0 aliphatic heterocycles. The van der Waals surface area contributed by atoms with E-state index < -0.39 is 15.8 Å². The molecule has 0 radical (unpaired) electrons. The average Bonchev–Trinajstić information content (AvgIpc) is 3.32. The Balaban J connectivity index is 1.14. The van der Waals surface area contributed by atoms with Crippen LogP contribution in [0.2, 0.25) is 0 Å². The van der Waals surface area contributed by atoms with Crippen LogP contribution < -0.4 is 21.2 Å². The van der Waals surface area contributed by atoms with Crippen LogP contribution in [0, 0.1) is 0 Å². The second-order valence-electron chi connectivity index (χ2n) is 22.8. The Morgan fingerprint density at radius 3 is 0.471 bits per heavy atom. The molecule has 68 heavy (non-hydrogen) atoms. The lowest BCUT2D eigenvalue weighted by molar-refractivity contribution is 0.590. The highest BCUT2D eigenvalue weighted by molar-refractivity contribution is 7.76. The minimum Gasteiger partial charge on any atom is -0.0579 e. The van der Waals surface area contributed by atoms with Gasteiger partial charge in [-0.05, 0) is 138 Å². The number of hydrogen-bond donors (Lipinski definition) is 0. The zero-order chi connectivity index (χ0) is 48.4. The van der Waals surface area contributed by atoms with Gasteiger partial charge in [-0.3, -0.25) is 0 Å². The maximum absolute atomic E-state index is 2.42. The van der Waals surface area contributed by atoms with Gasteiger partial charge in [0.25, 0.3) is 0 Å². The van der Waals surface area contributed by atoms with Gasteiger partial charge < -0.3 is 0 Å². The van der Waals surface area contributed by atoms with Crippen molar-refractivity contribution in [2.24, 2.45) is 0 Å². The molecular weight excluding hydrogens is 855 g/mol. The van der Waals surface area contributed by atoms with E-state index in [2.05, 4.69) is 277 Å². The maximum Gasteiger partial charge on any atom is -0.0132 e. The molecular formula is C66H72P2. The summed E-state index contributed by atoms with van der Waals surface area (Å²) in [5, 5.41) is 5.71. The normalized spacial score (nSPS) is 12.5. The predicted octanol–water partition coefficient (Wildman–Crippen LogP) is 17.1. The smallest absolute Gasteiger partial charge is 0.0132 e. The third kappa shape index (κ3) is 11.7. The Bertz CT molecular complexity index is 2470. The highest BCUT2D eigenvalue weighted by Crippen LogP contribution is 2.43. The molecule has 0 heterocycles. The summed E-state index contributed by atoms with van der Waals surface area (Å²) < 4.78 is 0. The zero-order valence-electron chi connectivity index (χ0n) is 42.8. The molecule has 0 aliphatic rings. The molecule has 0 atom stereocenters. The van der Waals surface area contributed by atoms with Crippen molar-refractivity contribution in [3.05, 3.63) is 216 Å². The van der Waals surface area contributed by atoms with Gasteiger partial charge in [0.15, 0.2) is 0 Å². The lowest BCUT2D eigenvalue weighted by Crippen LogP contribution is -2.20. The second kappa shape index (κ2) is 19.9. The second-order valence-corrected chi connectivity index (χ2v) is 27.5. The van der Waals surface area contributed by atoms with E-state index in [0.717, 1.165) is 12.3 Å². The third-order valence-corrected chi connectivity index (χ3v) is 19.0. The molecule has 0 spiro atoms. The molecule has 0 N–H and O–H groups in total. The van der Waals surface area contributed by atoms with E-state index >= 15 is 0 Å². The van der Waals surface area contributed by atoms with Crippen LogP contribution in [0.5, 0.6) is 0 Å². The SMILES string of the molecule is CC(C)(C)c1ccc(-c2ccc(P(CCP(c3ccc(-c4ccc(C(C)(C)C)cc4)cc3)c3ccc(-c4ccc(C(C)(C)C)cc4)cc3)c3ccc(-c4ccc(C(C)(C)C)cc4)cc3)cc2)cc1. The topological polar surface area (TPSA) is 0 Å². The molecule has 0 saturated carbocycles. The number of hydrogen-bond acceptors (Lipinski definition) is 0. The molecule has 0 amide bonds. The number of benzene rings is 8. The first kappa shape index (κ1) is 49.1. The Morgan fingerprint density at radius 1 is 0.206 bits per heavy atom. The first-order valence-corrected chi connectivity index (χ1v) is 27.7. The van der Waals surface area contributed by atoms with Gasteiger partial charge in [0, 0.05) is 0 Å². The molecule has 0 fully saturated rings. The standard InChI is InChI=1S/C66H72P2/c1-63(2,3)55-29-13-47(14-30-55)51-21-37-59(38-22-51)67(60-39-23-52(24-40-60)48-15-31-56(32-16-48)64(4,5)6)45-46-68(61-41-25-53(26-42-61)49-17-33-57(34-18-49)65(7,8)9)62-43-27-54(28-44-62)50-19-35-58(36-20-50)66(10,11)12/h13-44H,45-46H2,1-12H3. The van der Waals surface area contributed by atoms with E-state index in [1.54, 1.807) is 0 Å². The molecule has 0 unspecified atom stereocenters. The van der Waals surface area contributed by atoms with Crippen molar-refractivity contribution in [3.8, 4) is 44.5 Å². The van der Waals surface area contributed by atoms with E-state index in [-0.39, 0.29) is 21.7 Å². The molecule has 0 nitrogen and oxygen atoms in total. The Labute approximate surface area is 412 Å². The summed E-state index contributed by atoms with van der Waals surface area (Å²) in [5.74, 6) is 0. The Hall–Kier alpha value is -5.38. The highest BCUT2D eigenvalue weighted by Gasteiger charge is 2.22. The monoisotopic (exact) mass is 927 g/mol. The lowest BCUT2D eigenvalue weighted by atomic mass is 9.86. The van der Waals surface area contributed by atoms with E-state index in [9.17, 15) is 0 Å². The fourth-order valence-corrected chi connectivity index (χ4v) is 14.3. The van der Waals surface area contributed by atoms with Gasteiger partial charge in [-0.15, -0.1) is 0 Å². The Kier molecular flexibility index (Phi) is 14.4. The van der Waals surface area contributed by atoms with Crippen molar-refractivity contribution >= 4 is 37.1 Å². The first-order chi connectivity index (χ1) is 32.2. The van der Waals surface area contributed by atoms with Crippen LogP contribution >= 0.6 is 15.8 Å². The minimum atomic E-state index is -0.662. The number of rotatable bonds is 11. The van der Waals surface area contributed by atoms with Crippen molar-refractivity contribution in [3.63, 3.8) is 0 Å². The summed E-state index contributed by atoms with van der Waals surface area (Å²) in [4.78, 5) is 0. The molecule has 0 aromatic heterocycles. The van der Waals surface area contributed by atoms with E-state index in [1.165, 1.54) is 88.0 Å². The molecule has 346 valence electrons. The highest BCUT2D eigenvalue weighted by atomic mass is 31.1. The summed E-state index contributed by atoms with van der Waals surface area (Å²) >= 11 is 0. The molecule has 0 bridgehead atoms. The molecule has 2 heteroatoms. The van der Waals surface area contributed by atoms with Gasteiger partial charge in [0.1, 0.15) is 0 Å². The largest absolute Gasteiger partial charge is 0.0579 e. The van der Waals surface area contributed by atoms with Gasteiger partial charge in [-0.2, -0.15) is 0 Å². The van der Waals surface area contributed by atoms with Crippen LogP contribution in [-0.4, -0.2) is 12.3 Å². The van der Waals surface area contributed by atoms with Crippen molar-refractivity contribution in [2.45, 2.75) is 105 Å². The third-order valence-electron chi connectivity index (χ3n) is 13.6. The predicted molar refractivity (Wildman–Crippen MR) is 304 cm³/mol. The summed E-state index contributed by atoms with van der Waals surface area (Å²) in [6, 6.07) is 74.8. The molecule has 0 aliphatic carbocycles. The minimum absolute atomic E-state index is 0.129. The molecule has 8 aromatic carbocycles. The molecule has 8 rings (SSSR count).